The van der Waals surface area contributed by atoms with E-state index < -0.39 is 0 Å². The van der Waals surface area contributed by atoms with E-state index in [1.807, 2.05) is 36.4 Å². The number of benzene rings is 2. The first kappa shape index (κ1) is 15.9. The van der Waals surface area contributed by atoms with Crippen LogP contribution in [0.4, 0.5) is 0 Å². The molecule has 0 amide bonds. The van der Waals surface area contributed by atoms with Crippen molar-refractivity contribution >= 4 is 47.8 Å². The highest BCUT2D eigenvalue weighted by atomic mass is 79.9. The summed E-state index contributed by atoms with van der Waals surface area (Å²) in [6, 6.07) is 11.8. The largest absolute Gasteiger partial charge is 0.497 e. The molecule has 0 aliphatic heterocycles. The summed E-state index contributed by atoms with van der Waals surface area (Å²) in [5.41, 5.74) is 2.16. The van der Waals surface area contributed by atoms with Gasteiger partial charge in [0, 0.05) is 25.4 Å². The number of hydrogen-bond acceptors (Lipinski definition) is 2. The van der Waals surface area contributed by atoms with Crippen LogP contribution in [0.1, 0.15) is 11.1 Å². The zero-order chi connectivity index (χ0) is 14.5. The minimum Gasteiger partial charge on any atom is -0.497 e. The van der Waals surface area contributed by atoms with Crippen molar-refractivity contribution in [2.24, 2.45) is 0 Å². The predicted molar refractivity (Wildman–Crippen MR) is 91.8 cm³/mol. The molecule has 0 bridgehead atoms. The van der Waals surface area contributed by atoms with Crippen molar-refractivity contribution in [1.29, 1.82) is 0 Å². The molecule has 0 aliphatic carbocycles. The van der Waals surface area contributed by atoms with Crippen LogP contribution in [0.3, 0.4) is 0 Å². The first-order valence-corrected chi connectivity index (χ1v) is 8.64. The molecule has 0 N–H and O–H groups in total. The molecule has 0 unspecified atom stereocenters. The molecule has 20 heavy (non-hydrogen) atoms. The van der Waals surface area contributed by atoms with Gasteiger partial charge in [-0.1, -0.05) is 47.8 Å². The Kier molecular flexibility index (Phi) is 5.93. The number of ether oxygens (including phenoxy) is 2. The molecule has 2 rings (SSSR count). The Morgan fingerprint density at radius 2 is 1.80 bits per heavy atom. The fourth-order valence-corrected chi connectivity index (χ4v) is 2.95. The maximum absolute atomic E-state index is 5.91. The summed E-state index contributed by atoms with van der Waals surface area (Å²) >= 11 is 10.5. The Balaban J connectivity index is 2.16. The zero-order valence-electron chi connectivity index (χ0n) is 10.8. The highest BCUT2D eigenvalue weighted by Crippen LogP contribution is 2.28. The molecule has 0 spiro atoms. The van der Waals surface area contributed by atoms with Gasteiger partial charge in [0.2, 0.25) is 0 Å². The lowest BCUT2D eigenvalue weighted by atomic mass is 10.2. The SMILES string of the molecule is COc1ccc(Br)c(COc2ccc(Br)cc2CBr)c1. The normalized spacial score (nSPS) is 10.4. The van der Waals surface area contributed by atoms with E-state index in [0.29, 0.717) is 6.61 Å². The summed E-state index contributed by atoms with van der Waals surface area (Å²) in [6.07, 6.45) is 0. The molecule has 0 heterocycles. The third-order valence-corrected chi connectivity index (χ3v) is 4.67. The van der Waals surface area contributed by atoms with E-state index in [-0.39, 0.29) is 0 Å². The number of alkyl halides is 1. The molecular weight excluding hydrogens is 452 g/mol. The van der Waals surface area contributed by atoms with Crippen LogP contribution in [-0.2, 0) is 11.9 Å². The average Bonchev–Trinajstić information content (AvgIpc) is 2.47. The van der Waals surface area contributed by atoms with E-state index in [9.17, 15) is 0 Å². The van der Waals surface area contributed by atoms with Gasteiger partial charge in [-0.05, 0) is 36.4 Å². The van der Waals surface area contributed by atoms with Crippen LogP contribution < -0.4 is 9.47 Å². The first-order valence-electron chi connectivity index (χ1n) is 5.93. The summed E-state index contributed by atoms with van der Waals surface area (Å²) in [6.45, 7) is 0.486. The van der Waals surface area contributed by atoms with Crippen LogP contribution in [0.2, 0.25) is 0 Å². The number of rotatable bonds is 5. The van der Waals surface area contributed by atoms with Crippen LogP contribution in [0.25, 0.3) is 0 Å². The highest BCUT2D eigenvalue weighted by molar-refractivity contribution is 9.10. The molecular formula is C15H13Br3O2. The lowest BCUT2D eigenvalue weighted by molar-refractivity contribution is 0.302. The van der Waals surface area contributed by atoms with Crippen molar-refractivity contribution in [3.63, 3.8) is 0 Å². The zero-order valence-corrected chi connectivity index (χ0v) is 15.6. The highest BCUT2D eigenvalue weighted by Gasteiger charge is 2.07. The maximum atomic E-state index is 5.91. The predicted octanol–water partition coefficient (Wildman–Crippen LogP) is 5.69. The number of methoxy groups -OCH3 is 1. The molecule has 0 aliphatic rings. The minimum atomic E-state index is 0.486. The fraction of sp³-hybridized carbons (Fsp3) is 0.200. The van der Waals surface area contributed by atoms with Gasteiger partial charge in [-0.25, -0.2) is 0 Å². The van der Waals surface area contributed by atoms with Gasteiger partial charge < -0.3 is 9.47 Å². The van der Waals surface area contributed by atoms with Crippen molar-refractivity contribution in [1.82, 2.24) is 0 Å². The molecule has 5 heteroatoms. The summed E-state index contributed by atoms with van der Waals surface area (Å²) in [5, 5.41) is 0.751. The lowest BCUT2D eigenvalue weighted by Gasteiger charge is -2.12. The molecule has 0 atom stereocenters. The molecule has 0 saturated heterocycles. The van der Waals surface area contributed by atoms with Crippen LogP contribution in [0.15, 0.2) is 45.3 Å². The Morgan fingerprint density at radius 3 is 2.50 bits per heavy atom. The van der Waals surface area contributed by atoms with E-state index in [2.05, 4.69) is 47.8 Å². The van der Waals surface area contributed by atoms with Gasteiger partial charge in [0.1, 0.15) is 18.1 Å². The maximum Gasteiger partial charge on any atom is 0.123 e. The van der Waals surface area contributed by atoms with Crippen molar-refractivity contribution in [3.8, 4) is 11.5 Å². The Morgan fingerprint density at radius 1 is 1.00 bits per heavy atom. The third-order valence-electron chi connectivity index (χ3n) is 2.80. The van der Waals surface area contributed by atoms with Crippen LogP contribution >= 0.6 is 47.8 Å². The molecule has 0 saturated carbocycles. The Hall–Kier alpha value is -0.520. The van der Waals surface area contributed by atoms with E-state index in [4.69, 9.17) is 9.47 Å². The quantitative estimate of drug-likeness (QED) is 0.529. The molecule has 2 aromatic rings. The molecule has 2 nitrogen and oxygen atoms in total. The van der Waals surface area contributed by atoms with Crippen LogP contribution in [0, 0.1) is 0 Å². The summed E-state index contributed by atoms with van der Waals surface area (Å²) in [5.74, 6) is 1.70. The monoisotopic (exact) mass is 462 g/mol. The minimum absolute atomic E-state index is 0.486. The van der Waals surface area contributed by atoms with Crippen molar-refractivity contribution in [2.45, 2.75) is 11.9 Å². The third kappa shape index (κ3) is 3.99. The van der Waals surface area contributed by atoms with E-state index >= 15 is 0 Å². The fourth-order valence-electron chi connectivity index (χ4n) is 1.74. The summed E-state index contributed by atoms with van der Waals surface area (Å²) < 4.78 is 13.2. The van der Waals surface area contributed by atoms with Crippen molar-refractivity contribution < 1.29 is 9.47 Å². The van der Waals surface area contributed by atoms with E-state index in [1.165, 1.54) is 0 Å². The topological polar surface area (TPSA) is 18.5 Å². The Labute approximate surface area is 143 Å². The molecule has 2 aromatic carbocycles. The van der Waals surface area contributed by atoms with Crippen molar-refractivity contribution in [3.05, 3.63) is 56.5 Å². The first-order chi connectivity index (χ1) is 9.63. The molecule has 0 fully saturated rings. The Bertz CT molecular complexity index is 600. The second-order valence-electron chi connectivity index (χ2n) is 4.13. The van der Waals surface area contributed by atoms with Gasteiger partial charge in [-0.2, -0.15) is 0 Å². The molecule has 0 radical (unpaired) electrons. The van der Waals surface area contributed by atoms with Crippen LogP contribution in [0.5, 0.6) is 11.5 Å². The van der Waals surface area contributed by atoms with Gasteiger partial charge in [0.15, 0.2) is 0 Å². The standard InChI is InChI=1S/C15H13Br3O2/c1-19-13-3-4-14(18)11(7-13)9-20-15-5-2-12(17)6-10(15)8-16/h2-7H,8-9H2,1H3. The number of hydrogen-bond donors (Lipinski definition) is 0. The lowest BCUT2D eigenvalue weighted by Crippen LogP contribution is -1.99. The molecule has 0 aromatic heterocycles. The smallest absolute Gasteiger partial charge is 0.123 e. The van der Waals surface area contributed by atoms with Gasteiger partial charge in [-0.15, -0.1) is 0 Å². The average molecular weight is 465 g/mol. The number of halogens is 3. The van der Waals surface area contributed by atoms with E-state index in [1.54, 1.807) is 7.11 Å². The van der Waals surface area contributed by atoms with E-state index in [0.717, 1.165) is 36.9 Å². The van der Waals surface area contributed by atoms with Crippen LogP contribution in [-0.4, -0.2) is 7.11 Å². The second kappa shape index (κ2) is 7.48. The van der Waals surface area contributed by atoms with Gasteiger partial charge in [0.05, 0.1) is 7.11 Å². The molecule has 106 valence electrons. The van der Waals surface area contributed by atoms with Gasteiger partial charge in [-0.3, -0.25) is 0 Å². The van der Waals surface area contributed by atoms with Gasteiger partial charge in [0.25, 0.3) is 0 Å². The van der Waals surface area contributed by atoms with Gasteiger partial charge >= 0.3 is 0 Å². The van der Waals surface area contributed by atoms with Crippen molar-refractivity contribution in [2.75, 3.05) is 7.11 Å². The summed E-state index contributed by atoms with van der Waals surface area (Å²) in [4.78, 5) is 0. The summed E-state index contributed by atoms with van der Waals surface area (Å²) in [7, 11) is 1.66. The second-order valence-corrected chi connectivity index (χ2v) is 6.46.